The van der Waals surface area contributed by atoms with Crippen molar-refractivity contribution in [3.05, 3.63) is 62.5 Å². The summed E-state index contributed by atoms with van der Waals surface area (Å²) in [5, 5.41) is 12.2. The van der Waals surface area contributed by atoms with E-state index in [1.54, 1.807) is 0 Å². The maximum atomic E-state index is 10.9. The van der Waals surface area contributed by atoms with Gasteiger partial charge in [0.15, 0.2) is 0 Å². The molecule has 0 radical (unpaired) electrons. The van der Waals surface area contributed by atoms with Crippen LogP contribution < -0.4 is 5.32 Å². The first kappa shape index (κ1) is 15.1. The number of rotatable bonds is 5. The lowest BCUT2D eigenvalue weighted by atomic mass is 10.0. The van der Waals surface area contributed by atoms with Crippen LogP contribution in [-0.2, 0) is 17.8 Å². The molecule has 0 bridgehead atoms. The highest BCUT2D eigenvalue weighted by atomic mass is 79.9. The van der Waals surface area contributed by atoms with Crippen molar-refractivity contribution in [1.82, 2.24) is 0 Å². The molecule has 5 heteroatoms. The average molecular weight is 399 g/mol. The van der Waals surface area contributed by atoms with Crippen molar-refractivity contribution < 1.29 is 9.90 Å². The zero-order valence-electron chi connectivity index (χ0n) is 10.6. The third-order valence-corrected chi connectivity index (χ3v) is 4.01. The smallest absolute Gasteiger partial charge is 0.307 e. The van der Waals surface area contributed by atoms with E-state index in [2.05, 4.69) is 37.2 Å². The molecule has 0 aliphatic carbocycles. The highest BCUT2D eigenvalue weighted by Gasteiger charge is 2.07. The fraction of sp³-hybridized carbons (Fsp3) is 0.133. The Bertz CT molecular complexity index is 629. The number of nitrogens with one attached hydrogen (secondary N) is 1. The summed E-state index contributed by atoms with van der Waals surface area (Å²) in [6.07, 6.45) is 0.0410. The molecule has 2 aromatic rings. The molecule has 20 heavy (non-hydrogen) atoms. The van der Waals surface area contributed by atoms with E-state index >= 15 is 0 Å². The molecule has 2 N–H and O–H groups in total. The highest BCUT2D eigenvalue weighted by Crippen LogP contribution is 2.26. The van der Waals surface area contributed by atoms with Crippen LogP contribution in [0.4, 0.5) is 5.69 Å². The zero-order chi connectivity index (χ0) is 14.5. The van der Waals surface area contributed by atoms with Crippen molar-refractivity contribution in [3.63, 3.8) is 0 Å². The number of anilines is 1. The first-order chi connectivity index (χ1) is 9.56. The maximum Gasteiger partial charge on any atom is 0.307 e. The van der Waals surface area contributed by atoms with Crippen molar-refractivity contribution in [2.24, 2.45) is 0 Å². The number of hydrogen-bond donors (Lipinski definition) is 2. The Morgan fingerprint density at radius 3 is 2.45 bits per heavy atom. The highest BCUT2D eigenvalue weighted by molar-refractivity contribution is 9.11. The van der Waals surface area contributed by atoms with Gasteiger partial charge >= 0.3 is 5.97 Å². The molecule has 0 amide bonds. The third kappa shape index (κ3) is 4.08. The van der Waals surface area contributed by atoms with Crippen LogP contribution in [0.5, 0.6) is 0 Å². The molecule has 2 aromatic carbocycles. The van der Waals surface area contributed by atoms with Crippen molar-refractivity contribution >= 4 is 43.5 Å². The fourth-order valence-corrected chi connectivity index (χ4v) is 3.08. The lowest BCUT2D eigenvalue weighted by molar-refractivity contribution is -0.136. The standard InChI is InChI=1S/C15H13Br2NO2/c16-12-5-6-14(13(17)8-12)18-9-11-4-2-1-3-10(11)7-15(19)20/h1-6,8,18H,7,9H2,(H,19,20). The van der Waals surface area contributed by atoms with E-state index in [1.165, 1.54) is 0 Å². The largest absolute Gasteiger partial charge is 0.481 e. The van der Waals surface area contributed by atoms with Gasteiger partial charge in [0, 0.05) is 21.2 Å². The first-order valence-corrected chi connectivity index (χ1v) is 7.62. The zero-order valence-corrected chi connectivity index (χ0v) is 13.7. The molecule has 3 nitrogen and oxygen atoms in total. The van der Waals surface area contributed by atoms with Gasteiger partial charge in [0.1, 0.15) is 0 Å². The summed E-state index contributed by atoms with van der Waals surface area (Å²) in [5.74, 6) is -0.817. The Morgan fingerprint density at radius 1 is 1.10 bits per heavy atom. The van der Waals surface area contributed by atoms with Crippen LogP contribution in [0.2, 0.25) is 0 Å². The van der Waals surface area contributed by atoms with E-state index in [1.807, 2.05) is 42.5 Å². The van der Waals surface area contributed by atoms with E-state index in [0.29, 0.717) is 6.54 Å². The summed E-state index contributed by atoms with van der Waals surface area (Å²) >= 11 is 6.90. The minimum Gasteiger partial charge on any atom is -0.481 e. The number of carboxylic acid groups (broad SMARTS) is 1. The molecular formula is C15H13Br2NO2. The minimum absolute atomic E-state index is 0.0410. The first-order valence-electron chi connectivity index (χ1n) is 6.04. The summed E-state index contributed by atoms with van der Waals surface area (Å²) in [5.41, 5.74) is 2.80. The van der Waals surface area contributed by atoms with Crippen LogP contribution in [0.25, 0.3) is 0 Å². The van der Waals surface area contributed by atoms with Gasteiger partial charge in [-0.2, -0.15) is 0 Å². The van der Waals surface area contributed by atoms with E-state index < -0.39 is 5.97 Å². The van der Waals surface area contributed by atoms with E-state index in [-0.39, 0.29) is 6.42 Å². The molecule has 0 aliphatic rings. The summed E-state index contributed by atoms with van der Waals surface area (Å²) in [6.45, 7) is 0.587. The number of carbonyl (C=O) groups is 1. The number of benzene rings is 2. The van der Waals surface area contributed by atoms with E-state index in [0.717, 1.165) is 25.8 Å². The van der Waals surface area contributed by atoms with Crippen molar-refractivity contribution in [2.45, 2.75) is 13.0 Å². The van der Waals surface area contributed by atoms with Crippen molar-refractivity contribution in [3.8, 4) is 0 Å². The van der Waals surface area contributed by atoms with E-state index in [9.17, 15) is 4.79 Å². The fourth-order valence-electron chi connectivity index (χ4n) is 1.89. The second-order valence-electron chi connectivity index (χ2n) is 4.32. The Kier molecular flexibility index (Phi) is 5.20. The summed E-state index contributed by atoms with van der Waals surface area (Å²) in [7, 11) is 0. The molecule has 0 saturated carbocycles. The molecule has 104 valence electrons. The summed E-state index contributed by atoms with van der Waals surface area (Å²) in [4.78, 5) is 10.9. The van der Waals surface area contributed by atoms with Crippen LogP contribution in [0, 0.1) is 0 Å². The normalized spacial score (nSPS) is 10.3. The van der Waals surface area contributed by atoms with Gasteiger partial charge in [-0.1, -0.05) is 40.2 Å². The van der Waals surface area contributed by atoms with Crippen molar-refractivity contribution in [1.29, 1.82) is 0 Å². The topological polar surface area (TPSA) is 49.3 Å². The van der Waals surface area contributed by atoms with Crippen LogP contribution in [0.15, 0.2) is 51.4 Å². The second kappa shape index (κ2) is 6.90. The Labute approximate surface area is 134 Å². The van der Waals surface area contributed by atoms with Crippen LogP contribution in [0.1, 0.15) is 11.1 Å². The predicted molar refractivity (Wildman–Crippen MR) is 87.0 cm³/mol. The molecule has 0 fully saturated rings. The summed E-state index contributed by atoms with van der Waals surface area (Å²) in [6, 6.07) is 13.5. The van der Waals surface area contributed by atoms with Gasteiger partial charge in [-0.25, -0.2) is 0 Å². The van der Waals surface area contributed by atoms with Gasteiger partial charge in [0.2, 0.25) is 0 Å². The monoisotopic (exact) mass is 397 g/mol. The Hall–Kier alpha value is -1.33. The van der Waals surface area contributed by atoms with Gasteiger partial charge in [-0.05, 0) is 45.3 Å². The van der Waals surface area contributed by atoms with Crippen LogP contribution >= 0.6 is 31.9 Å². The number of hydrogen-bond acceptors (Lipinski definition) is 2. The SMILES string of the molecule is O=C(O)Cc1ccccc1CNc1ccc(Br)cc1Br. The lowest BCUT2D eigenvalue weighted by Gasteiger charge is -2.12. The molecule has 0 heterocycles. The van der Waals surface area contributed by atoms with Gasteiger partial charge in [-0.15, -0.1) is 0 Å². The van der Waals surface area contributed by atoms with Crippen LogP contribution in [0.3, 0.4) is 0 Å². The number of carboxylic acids is 1. The predicted octanol–water partition coefficient (Wildman–Crippen LogP) is 4.45. The molecule has 0 unspecified atom stereocenters. The van der Waals surface area contributed by atoms with E-state index in [4.69, 9.17) is 5.11 Å². The molecule has 0 aromatic heterocycles. The molecule has 0 saturated heterocycles. The Morgan fingerprint density at radius 2 is 1.80 bits per heavy atom. The van der Waals surface area contributed by atoms with Gasteiger partial charge < -0.3 is 10.4 Å². The quantitative estimate of drug-likeness (QED) is 0.782. The average Bonchev–Trinajstić information content (AvgIpc) is 2.39. The van der Waals surface area contributed by atoms with Crippen molar-refractivity contribution in [2.75, 3.05) is 5.32 Å². The minimum atomic E-state index is -0.817. The third-order valence-electron chi connectivity index (χ3n) is 2.86. The van der Waals surface area contributed by atoms with Gasteiger partial charge in [0.25, 0.3) is 0 Å². The lowest BCUT2D eigenvalue weighted by Crippen LogP contribution is -2.07. The summed E-state index contributed by atoms with van der Waals surface area (Å²) < 4.78 is 1.96. The second-order valence-corrected chi connectivity index (χ2v) is 6.09. The molecule has 0 atom stereocenters. The maximum absolute atomic E-state index is 10.9. The Balaban J connectivity index is 2.12. The van der Waals surface area contributed by atoms with Gasteiger partial charge in [-0.3, -0.25) is 4.79 Å². The van der Waals surface area contributed by atoms with Gasteiger partial charge in [0.05, 0.1) is 6.42 Å². The molecular weight excluding hydrogens is 386 g/mol. The molecule has 0 spiro atoms. The molecule has 0 aliphatic heterocycles. The molecule has 2 rings (SSSR count). The number of halogens is 2. The van der Waals surface area contributed by atoms with Crippen LogP contribution in [-0.4, -0.2) is 11.1 Å². The number of aliphatic carboxylic acids is 1.